The molecule has 29 heavy (non-hydrogen) atoms. The number of rotatable bonds is 3. The minimum Gasteiger partial charge on any atom is -0.360 e. The van der Waals surface area contributed by atoms with E-state index in [0.29, 0.717) is 5.71 Å². The Labute approximate surface area is 176 Å². The Bertz CT molecular complexity index is 1210. The van der Waals surface area contributed by atoms with Gasteiger partial charge in [0.05, 0.1) is 6.04 Å². The van der Waals surface area contributed by atoms with Crippen LogP contribution in [0.1, 0.15) is 28.8 Å². The SMILES string of the molecule is O=C1N[C@H](c2ccccc2)[C@@H](c2ccccc2)N=C1c1c[nH]c2ccc(Br)cc12. The molecule has 4 nitrogen and oxygen atoms in total. The van der Waals surface area contributed by atoms with E-state index in [-0.39, 0.29) is 18.0 Å². The van der Waals surface area contributed by atoms with Crippen LogP contribution in [0.3, 0.4) is 0 Å². The van der Waals surface area contributed by atoms with Crippen LogP contribution in [0.2, 0.25) is 0 Å². The van der Waals surface area contributed by atoms with Crippen molar-refractivity contribution in [1.82, 2.24) is 10.3 Å². The predicted octanol–water partition coefficient (Wildman–Crippen LogP) is 5.33. The van der Waals surface area contributed by atoms with Crippen molar-refractivity contribution < 1.29 is 4.79 Å². The normalized spacial score (nSPS) is 19.1. The van der Waals surface area contributed by atoms with Crippen LogP contribution < -0.4 is 5.32 Å². The molecule has 2 atom stereocenters. The summed E-state index contributed by atoms with van der Waals surface area (Å²) < 4.78 is 0.962. The molecular weight excluding hydrogens is 426 g/mol. The summed E-state index contributed by atoms with van der Waals surface area (Å²) in [4.78, 5) is 21.3. The molecule has 0 unspecified atom stereocenters. The Balaban J connectivity index is 1.67. The van der Waals surface area contributed by atoms with Crippen LogP contribution in [0.15, 0.2) is 94.5 Å². The van der Waals surface area contributed by atoms with Crippen LogP contribution in [0, 0.1) is 0 Å². The van der Waals surface area contributed by atoms with E-state index < -0.39 is 0 Å². The minimum atomic E-state index is -0.216. The zero-order valence-electron chi connectivity index (χ0n) is 15.5. The van der Waals surface area contributed by atoms with Gasteiger partial charge in [-0.05, 0) is 29.3 Å². The number of hydrogen-bond donors (Lipinski definition) is 2. The van der Waals surface area contributed by atoms with Gasteiger partial charge >= 0.3 is 0 Å². The standard InChI is InChI=1S/C24H18BrN3O/c25-17-11-12-20-18(13-17)19(14-26-20)23-24(29)28-22(16-9-5-2-6-10-16)21(27-23)15-7-3-1-4-8-15/h1-14,21-22,26H,(H,28,29)/t21-,22-/m1/s1. The molecule has 1 aliphatic rings. The molecule has 1 amide bonds. The minimum absolute atomic E-state index is 0.160. The lowest BCUT2D eigenvalue weighted by Gasteiger charge is -2.31. The number of fused-ring (bicyclic) bond motifs is 1. The van der Waals surface area contributed by atoms with Gasteiger partial charge in [0, 0.05) is 27.1 Å². The number of amides is 1. The van der Waals surface area contributed by atoms with Gasteiger partial charge in [0.15, 0.2) is 0 Å². The van der Waals surface area contributed by atoms with Gasteiger partial charge in [-0.1, -0.05) is 76.6 Å². The van der Waals surface area contributed by atoms with Crippen molar-refractivity contribution in [3.05, 3.63) is 106 Å². The third-order valence-corrected chi connectivity index (χ3v) is 5.78. The fraction of sp³-hybridized carbons (Fsp3) is 0.0833. The highest BCUT2D eigenvalue weighted by Crippen LogP contribution is 2.36. The molecule has 1 aliphatic heterocycles. The van der Waals surface area contributed by atoms with Crippen LogP contribution in [-0.2, 0) is 4.79 Å². The number of aromatic nitrogens is 1. The fourth-order valence-corrected chi connectivity index (χ4v) is 4.25. The van der Waals surface area contributed by atoms with Crippen molar-refractivity contribution in [2.75, 3.05) is 0 Å². The van der Waals surface area contributed by atoms with Crippen molar-refractivity contribution in [1.29, 1.82) is 0 Å². The number of aliphatic imine (C=N–C) groups is 1. The molecule has 0 spiro atoms. The molecule has 1 aromatic heterocycles. The Morgan fingerprint density at radius 3 is 2.28 bits per heavy atom. The van der Waals surface area contributed by atoms with E-state index in [1.807, 2.05) is 72.9 Å². The van der Waals surface area contributed by atoms with Gasteiger partial charge in [-0.25, -0.2) is 0 Å². The van der Waals surface area contributed by atoms with E-state index >= 15 is 0 Å². The highest BCUT2D eigenvalue weighted by Gasteiger charge is 2.34. The molecule has 0 fully saturated rings. The molecule has 4 aromatic rings. The number of nitrogens with zero attached hydrogens (tertiary/aromatic N) is 1. The first-order chi connectivity index (χ1) is 14.2. The smallest absolute Gasteiger partial charge is 0.270 e. The molecule has 0 saturated heterocycles. The third-order valence-electron chi connectivity index (χ3n) is 5.28. The summed E-state index contributed by atoms with van der Waals surface area (Å²) in [6.07, 6.45) is 1.86. The van der Waals surface area contributed by atoms with Gasteiger partial charge in [0.2, 0.25) is 0 Å². The van der Waals surface area contributed by atoms with Crippen LogP contribution >= 0.6 is 15.9 Å². The average molecular weight is 444 g/mol. The first-order valence-corrected chi connectivity index (χ1v) is 10.3. The maximum absolute atomic E-state index is 13.1. The van der Waals surface area contributed by atoms with Crippen molar-refractivity contribution in [2.24, 2.45) is 4.99 Å². The number of carbonyl (C=O) groups excluding carboxylic acids is 1. The molecule has 2 N–H and O–H groups in total. The lowest BCUT2D eigenvalue weighted by molar-refractivity contribution is -0.116. The number of hydrogen-bond acceptors (Lipinski definition) is 2. The number of aromatic amines is 1. The highest BCUT2D eigenvalue weighted by atomic mass is 79.9. The van der Waals surface area contributed by atoms with E-state index in [2.05, 4.69) is 38.4 Å². The van der Waals surface area contributed by atoms with E-state index in [1.165, 1.54) is 0 Å². The molecule has 0 saturated carbocycles. The van der Waals surface area contributed by atoms with Gasteiger partial charge < -0.3 is 10.3 Å². The van der Waals surface area contributed by atoms with Crippen LogP contribution in [0.25, 0.3) is 10.9 Å². The second kappa shape index (κ2) is 7.33. The van der Waals surface area contributed by atoms with Crippen LogP contribution in [0.4, 0.5) is 0 Å². The number of carbonyl (C=O) groups is 1. The summed E-state index contributed by atoms with van der Waals surface area (Å²) >= 11 is 3.52. The molecule has 5 heteroatoms. The first kappa shape index (κ1) is 17.9. The number of halogens is 1. The Morgan fingerprint density at radius 2 is 1.55 bits per heavy atom. The molecule has 0 aliphatic carbocycles. The van der Waals surface area contributed by atoms with Crippen molar-refractivity contribution in [3.63, 3.8) is 0 Å². The van der Waals surface area contributed by atoms with Gasteiger partial charge in [-0.3, -0.25) is 9.79 Å². The number of benzene rings is 3. The van der Waals surface area contributed by atoms with Crippen LogP contribution in [-0.4, -0.2) is 16.6 Å². The van der Waals surface area contributed by atoms with Crippen molar-refractivity contribution in [3.8, 4) is 0 Å². The summed E-state index contributed by atoms with van der Waals surface area (Å²) in [5.74, 6) is -0.160. The molecule has 0 bridgehead atoms. The summed E-state index contributed by atoms with van der Waals surface area (Å²) in [5.41, 5.74) is 4.35. The molecule has 0 radical (unpaired) electrons. The number of nitrogens with one attached hydrogen (secondary N) is 2. The summed E-state index contributed by atoms with van der Waals surface area (Å²) in [5, 5.41) is 4.17. The zero-order valence-corrected chi connectivity index (χ0v) is 17.1. The molecule has 142 valence electrons. The second-order valence-electron chi connectivity index (χ2n) is 7.09. The lowest BCUT2D eigenvalue weighted by atomic mass is 9.91. The largest absolute Gasteiger partial charge is 0.360 e. The average Bonchev–Trinajstić information content (AvgIpc) is 3.17. The first-order valence-electron chi connectivity index (χ1n) is 9.46. The number of H-pyrrole nitrogens is 1. The lowest BCUT2D eigenvalue weighted by Crippen LogP contribution is -2.42. The second-order valence-corrected chi connectivity index (χ2v) is 8.00. The summed E-state index contributed by atoms with van der Waals surface area (Å²) in [7, 11) is 0. The van der Waals surface area contributed by atoms with E-state index in [4.69, 9.17) is 4.99 Å². The Hall–Kier alpha value is -3.18. The molecular formula is C24H18BrN3O. The van der Waals surface area contributed by atoms with Crippen LogP contribution in [0.5, 0.6) is 0 Å². The fourth-order valence-electron chi connectivity index (χ4n) is 3.88. The molecule has 5 rings (SSSR count). The maximum Gasteiger partial charge on any atom is 0.270 e. The predicted molar refractivity (Wildman–Crippen MR) is 119 cm³/mol. The summed E-state index contributed by atoms with van der Waals surface area (Å²) in [6.45, 7) is 0. The Kier molecular flexibility index (Phi) is 4.52. The van der Waals surface area contributed by atoms with Gasteiger partial charge in [0.1, 0.15) is 11.8 Å². The van der Waals surface area contributed by atoms with Gasteiger partial charge in [0.25, 0.3) is 5.91 Å². The quantitative estimate of drug-likeness (QED) is 0.441. The third kappa shape index (κ3) is 3.28. The topological polar surface area (TPSA) is 57.2 Å². The van der Waals surface area contributed by atoms with E-state index in [1.54, 1.807) is 0 Å². The zero-order chi connectivity index (χ0) is 19.8. The van der Waals surface area contributed by atoms with E-state index in [9.17, 15) is 4.79 Å². The molecule has 2 heterocycles. The van der Waals surface area contributed by atoms with E-state index in [0.717, 1.165) is 32.1 Å². The van der Waals surface area contributed by atoms with Crippen molar-refractivity contribution in [2.45, 2.75) is 12.1 Å². The summed E-state index contributed by atoms with van der Waals surface area (Å²) in [6, 6.07) is 25.7. The van der Waals surface area contributed by atoms with Gasteiger partial charge in [-0.2, -0.15) is 0 Å². The van der Waals surface area contributed by atoms with Crippen molar-refractivity contribution >= 4 is 38.5 Å². The highest BCUT2D eigenvalue weighted by molar-refractivity contribution is 9.10. The molecule has 3 aromatic carbocycles. The maximum atomic E-state index is 13.1. The van der Waals surface area contributed by atoms with Gasteiger partial charge in [-0.15, -0.1) is 0 Å². The monoisotopic (exact) mass is 443 g/mol. The Morgan fingerprint density at radius 1 is 0.862 bits per heavy atom.